The monoisotopic (exact) mass is 271 g/mol. The number of rotatable bonds is 5. The van der Waals surface area contributed by atoms with E-state index < -0.39 is 6.61 Å². The van der Waals surface area contributed by atoms with Gasteiger partial charge in [0.25, 0.3) is 0 Å². The molecule has 0 amide bonds. The van der Waals surface area contributed by atoms with Crippen molar-refractivity contribution in [3.8, 4) is 5.75 Å². The Morgan fingerprint density at radius 2 is 2.32 bits per heavy atom. The fourth-order valence-electron chi connectivity index (χ4n) is 2.48. The molecule has 1 unspecified atom stereocenters. The van der Waals surface area contributed by atoms with Crippen LogP contribution in [0.3, 0.4) is 0 Å². The Kier molecular flexibility index (Phi) is 4.90. The van der Waals surface area contributed by atoms with Crippen LogP contribution in [0.15, 0.2) is 18.3 Å². The van der Waals surface area contributed by atoms with E-state index in [4.69, 9.17) is 5.73 Å². The first-order chi connectivity index (χ1) is 9.19. The summed E-state index contributed by atoms with van der Waals surface area (Å²) in [7, 11) is 0. The zero-order chi connectivity index (χ0) is 13.7. The van der Waals surface area contributed by atoms with Gasteiger partial charge in [-0.2, -0.15) is 8.78 Å². The lowest BCUT2D eigenvalue weighted by Crippen LogP contribution is -2.36. The molecule has 0 aromatic carbocycles. The van der Waals surface area contributed by atoms with Gasteiger partial charge in [-0.15, -0.1) is 0 Å². The second-order valence-electron chi connectivity index (χ2n) is 4.76. The number of ether oxygens (including phenoxy) is 1. The molecule has 1 atom stereocenters. The first-order valence-electron chi connectivity index (χ1n) is 6.55. The average Bonchev–Trinajstić information content (AvgIpc) is 2.40. The predicted octanol–water partition coefficient (Wildman–Crippen LogP) is 2.25. The molecule has 0 spiro atoms. The van der Waals surface area contributed by atoms with Crippen molar-refractivity contribution in [1.82, 2.24) is 4.98 Å². The Morgan fingerprint density at radius 1 is 1.47 bits per heavy atom. The number of hydrogen-bond donors (Lipinski definition) is 1. The third kappa shape index (κ3) is 4.02. The van der Waals surface area contributed by atoms with E-state index in [2.05, 4.69) is 14.6 Å². The van der Waals surface area contributed by atoms with Crippen LogP contribution < -0.4 is 15.4 Å². The summed E-state index contributed by atoms with van der Waals surface area (Å²) >= 11 is 0. The summed E-state index contributed by atoms with van der Waals surface area (Å²) in [5.74, 6) is 1.50. The largest absolute Gasteiger partial charge is 0.433 e. The van der Waals surface area contributed by atoms with Crippen LogP contribution in [0.5, 0.6) is 5.75 Å². The molecular formula is C13H19F2N3O. The van der Waals surface area contributed by atoms with Crippen LogP contribution in [0.2, 0.25) is 0 Å². The predicted molar refractivity (Wildman–Crippen MR) is 69.5 cm³/mol. The molecule has 0 saturated carbocycles. The van der Waals surface area contributed by atoms with Crippen LogP contribution in [-0.2, 0) is 0 Å². The molecule has 106 valence electrons. The lowest BCUT2D eigenvalue weighted by molar-refractivity contribution is -0.0500. The molecule has 1 fully saturated rings. The van der Waals surface area contributed by atoms with Gasteiger partial charge in [-0.05, 0) is 43.9 Å². The van der Waals surface area contributed by atoms with Gasteiger partial charge in [0, 0.05) is 13.1 Å². The Bertz CT molecular complexity index is 384. The van der Waals surface area contributed by atoms with E-state index in [0.29, 0.717) is 12.5 Å². The molecule has 2 heterocycles. The number of pyridine rings is 1. The fourth-order valence-corrected chi connectivity index (χ4v) is 2.48. The zero-order valence-corrected chi connectivity index (χ0v) is 10.8. The van der Waals surface area contributed by atoms with Crippen LogP contribution in [0.1, 0.15) is 19.3 Å². The minimum Gasteiger partial charge on any atom is -0.433 e. The second kappa shape index (κ2) is 6.65. The Hall–Kier alpha value is -1.43. The van der Waals surface area contributed by atoms with E-state index in [1.54, 1.807) is 6.07 Å². The number of nitrogens with two attached hydrogens (primary N) is 1. The van der Waals surface area contributed by atoms with Gasteiger partial charge in [0.2, 0.25) is 0 Å². The summed E-state index contributed by atoms with van der Waals surface area (Å²) in [4.78, 5) is 6.36. The minimum absolute atomic E-state index is 0.0919. The molecule has 2 N–H and O–H groups in total. The maximum absolute atomic E-state index is 12.0. The summed E-state index contributed by atoms with van der Waals surface area (Å²) < 4.78 is 28.4. The van der Waals surface area contributed by atoms with Gasteiger partial charge in [0.05, 0.1) is 6.20 Å². The normalized spacial score (nSPS) is 19.8. The highest BCUT2D eigenvalue weighted by atomic mass is 19.3. The molecule has 0 radical (unpaired) electrons. The molecule has 0 aliphatic carbocycles. The van der Waals surface area contributed by atoms with E-state index in [-0.39, 0.29) is 5.75 Å². The highest BCUT2D eigenvalue weighted by molar-refractivity contribution is 5.41. The molecule has 6 heteroatoms. The van der Waals surface area contributed by atoms with Crippen LogP contribution in [0.4, 0.5) is 14.6 Å². The highest BCUT2D eigenvalue weighted by Gasteiger charge is 2.20. The van der Waals surface area contributed by atoms with Crippen LogP contribution >= 0.6 is 0 Å². The maximum Gasteiger partial charge on any atom is 0.387 e. The molecule has 2 rings (SSSR count). The zero-order valence-electron chi connectivity index (χ0n) is 10.8. The lowest BCUT2D eigenvalue weighted by Gasteiger charge is -2.33. The fraction of sp³-hybridized carbons (Fsp3) is 0.615. The molecular weight excluding hydrogens is 252 g/mol. The third-order valence-electron chi connectivity index (χ3n) is 3.36. The first-order valence-corrected chi connectivity index (χ1v) is 6.55. The quantitative estimate of drug-likeness (QED) is 0.892. The number of alkyl halides is 2. The van der Waals surface area contributed by atoms with Crippen molar-refractivity contribution in [2.75, 3.05) is 24.5 Å². The summed E-state index contributed by atoms with van der Waals surface area (Å²) in [6, 6.07) is 3.25. The van der Waals surface area contributed by atoms with Crippen molar-refractivity contribution < 1.29 is 13.5 Å². The van der Waals surface area contributed by atoms with Crippen LogP contribution in [-0.4, -0.2) is 31.2 Å². The molecule has 19 heavy (non-hydrogen) atoms. The second-order valence-corrected chi connectivity index (χ2v) is 4.76. The first kappa shape index (κ1) is 14.0. The van der Waals surface area contributed by atoms with Gasteiger partial charge in [0.1, 0.15) is 11.6 Å². The highest BCUT2D eigenvalue weighted by Crippen LogP contribution is 2.24. The van der Waals surface area contributed by atoms with E-state index in [9.17, 15) is 8.78 Å². The van der Waals surface area contributed by atoms with Crippen molar-refractivity contribution in [3.05, 3.63) is 18.3 Å². The van der Waals surface area contributed by atoms with Gasteiger partial charge in [0.15, 0.2) is 0 Å². The van der Waals surface area contributed by atoms with Crippen molar-refractivity contribution in [2.45, 2.75) is 25.9 Å². The van der Waals surface area contributed by atoms with E-state index in [1.165, 1.54) is 18.7 Å². The van der Waals surface area contributed by atoms with Gasteiger partial charge in [-0.3, -0.25) is 0 Å². The van der Waals surface area contributed by atoms with E-state index in [0.717, 1.165) is 31.7 Å². The van der Waals surface area contributed by atoms with Gasteiger partial charge in [-0.25, -0.2) is 4.98 Å². The smallest absolute Gasteiger partial charge is 0.387 e. The summed E-state index contributed by atoms with van der Waals surface area (Å²) in [6.45, 7) is -0.230. The average molecular weight is 271 g/mol. The number of hydrogen-bond acceptors (Lipinski definition) is 4. The van der Waals surface area contributed by atoms with Gasteiger partial charge < -0.3 is 15.4 Å². The molecule has 1 aromatic heterocycles. The molecule has 4 nitrogen and oxygen atoms in total. The Morgan fingerprint density at radius 3 is 2.95 bits per heavy atom. The van der Waals surface area contributed by atoms with Gasteiger partial charge in [-0.1, -0.05) is 0 Å². The maximum atomic E-state index is 12.0. The topological polar surface area (TPSA) is 51.4 Å². The molecule has 0 bridgehead atoms. The van der Waals surface area contributed by atoms with Crippen LogP contribution in [0, 0.1) is 5.92 Å². The number of anilines is 1. The molecule has 1 aromatic rings. The van der Waals surface area contributed by atoms with Crippen molar-refractivity contribution in [2.24, 2.45) is 11.7 Å². The SMILES string of the molecule is NCCC1CCCN(c2ccc(OC(F)F)cn2)C1. The van der Waals surface area contributed by atoms with Crippen molar-refractivity contribution in [1.29, 1.82) is 0 Å². The molecule has 1 aliphatic heterocycles. The number of aromatic nitrogens is 1. The summed E-state index contributed by atoms with van der Waals surface area (Å²) in [5.41, 5.74) is 5.59. The summed E-state index contributed by atoms with van der Waals surface area (Å²) in [6.07, 6.45) is 4.67. The van der Waals surface area contributed by atoms with Crippen molar-refractivity contribution in [3.63, 3.8) is 0 Å². The number of nitrogens with zero attached hydrogens (tertiary/aromatic N) is 2. The Labute approximate surface area is 111 Å². The summed E-state index contributed by atoms with van der Waals surface area (Å²) in [5, 5.41) is 0. The minimum atomic E-state index is -2.81. The lowest BCUT2D eigenvalue weighted by atomic mass is 9.95. The van der Waals surface area contributed by atoms with E-state index >= 15 is 0 Å². The molecule has 1 aliphatic rings. The Balaban J connectivity index is 1.97. The van der Waals surface area contributed by atoms with Crippen molar-refractivity contribution >= 4 is 5.82 Å². The number of piperidine rings is 1. The third-order valence-corrected chi connectivity index (χ3v) is 3.36. The molecule has 1 saturated heterocycles. The number of halogens is 2. The standard InChI is InChI=1S/C13H19F2N3O/c14-13(15)19-11-3-4-12(17-8-11)18-7-1-2-10(9-18)5-6-16/h3-4,8,10,13H,1-2,5-7,9,16H2. The van der Waals surface area contributed by atoms with E-state index in [1.807, 2.05) is 0 Å². The van der Waals surface area contributed by atoms with Gasteiger partial charge >= 0.3 is 6.61 Å². The van der Waals surface area contributed by atoms with Crippen LogP contribution in [0.25, 0.3) is 0 Å².